The van der Waals surface area contributed by atoms with Gasteiger partial charge in [-0.2, -0.15) is 0 Å². The molecule has 7 nitrogen and oxygen atoms in total. The number of carbonyl (C=O) groups excluding carboxylic acids is 1. The zero-order chi connectivity index (χ0) is 18.7. The highest BCUT2D eigenvalue weighted by atomic mass is 32.2. The van der Waals surface area contributed by atoms with Crippen molar-refractivity contribution in [2.24, 2.45) is 0 Å². The number of sulfonamides is 1. The summed E-state index contributed by atoms with van der Waals surface area (Å²) in [6, 6.07) is 6.05. The average Bonchev–Trinajstić information content (AvgIpc) is 3.06. The second-order valence-corrected chi connectivity index (χ2v) is 9.11. The first-order valence-corrected chi connectivity index (χ1v) is 10.7. The third-order valence-electron chi connectivity index (χ3n) is 4.39. The predicted molar refractivity (Wildman–Crippen MR) is 101 cm³/mol. The molecule has 2 heterocycles. The monoisotopic (exact) mass is 394 g/mol. The standard InChI is InChI=1S/C17H22N4O3S2/c1-13-19-15(12-25-13)11-20-7-9-21(10-8-20)17(22)14-3-5-16(6-4-14)26(23,24)18-2/h3-6,12,18H,7-11H2,1-2H3. The van der Waals surface area contributed by atoms with Crippen molar-refractivity contribution in [2.45, 2.75) is 18.4 Å². The highest BCUT2D eigenvalue weighted by molar-refractivity contribution is 7.89. The van der Waals surface area contributed by atoms with Crippen molar-refractivity contribution in [2.75, 3.05) is 33.2 Å². The number of nitrogens with zero attached hydrogens (tertiary/aromatic N) is 3. The highest BCUT2D eigenvalue weighted by Crippen LogP contribution is 2.15. The summed E-state index contributed by atoms with van der Waals surface area (Å²) < 4.78 is 25.8. The van der Waals surface area contributed by atoms with Crippen LogP contribution in [0.2, 0.25) is 0 Å². The van der Waals surface area contributed by atoms with E-state index in [1.54, 1.807) is 23.5 Å². The fraction of sp³-hybridized carbons (Fsp3) is 0.412. The number of rotatable bonds is 5. The maximum absolute atomic E-state index is 12.6. The van der Waals surface area contributed by atoms with Gasteiger partial charge in [-0.25, -0.2) is 18.1 Å². The van der Waals surface area contributed by atoms with Crippen LogP contribution in [-0.4, -0.2) is 62.3 Å². The van der Waals surface area contributed by atoms with Gasteiger partial charge in [-0.15, -0.1) is 11.3 Å². The lowest BCUT2D eigenvalue weighted by Gasteiger charge is -2.34. The van der Waals surface area contributed by atoms with Crippen LogP contribution >= 0.6 is 11.3 Å². The number of nitrogens with one attached hydrogen (secondary N) is 1. The summed E-state index contributed by atoms with van der Waals surface area (Å²) in [7, 11) is -2.13. The number of hydrogen-bond acceptors (Lipinski definition) is 6. The van der Waals surface area contributed by atoms with Gasteiger partial charge in [-0.3, -0.25) is 9.69 Å². The maximum atomic E-state index is 12.6. The molecule has 0 unspecified atom stereocenters. The minimum Gasteiger partial charge on any atom is -0.336 e. The molecule has 0 radical (unpaired) electrons. The largest absolute Gasteiger partial charge is 0.336 e. The van der Waals surface area contributed by atoms with Crippen LogP contribution in [0.4, 0.5) is 0 Å². The minimum atomic E-state index is -3.49. The van der Waals surface area contributed by atoms with Crippen LogP contribution in [0, 0.1) is 6.92 Å². The van der Waals surface area contributed by atoms with Gasteiger partial charge >= 0.3 is 0 Å². The quantitative estimate of drug-likeness (QED) is 0.827. The Morgan fingerprint density at radius 1 is 1.19 bits per heavy atom. The lowest BCUT2D eigenvalue weighted by Crippen LogP contribution is -2.48. The normalized spacial score (nSPS) is 16.0. The zero-order valence-corrected chi connectivity index (χ0v) is 16.4. The van der Waals surface area contributed by atoms with Crippen molar-refractivity contribution >= 4 is 27.3 Å². The summed E-state index contributed by atoms with van der Waals surface area (Å²) in [6.45, 7) is 5.71. The van der Waals surface area contributed by atoms with Crippen molar-refractivity contribution in [3.05, 3.63) is 45.9 Å². The van der Waals surface area contributed by atoms with E-state index >= 15 is 0 Å². The van der Waals surface area contributed by atoms with Gasteiger partial charge in [-0.05, 0) is 38.2 Å². The van der Waals surface area contributed by atoms with Crippen LogP contribution in [0.25, 0.3) is 0 Å². The molecule has 1 amide bonds. The van der Waals surface area contributed by atoms with E-state index < -0.39 is 10.0 Å². The Kier molecular flexibility index (Phi) is 5.71. The zero-order valence-electron chi connectivity index (χ0n) is 14.8. The fourth-order valence-corrected chi connectivity index (χ4v) is 4.23. The Morgan fingerprint density at radius 3 is 2.38 bits per heavy atom. The predicted octanol–water partition coefficient (Wildman–Crippen LogP) is 1.32. The summed E-state index contributed by atoms with van der Waals surface area (Å²) in [5.74, 6) is -0.0671. The van der Waals surface area contributed by atoms with E-state index in [1.807, 2.05) is 11.8 Å². The first-order valence-electron chi connectivity index (χ1n) is 8.35. The molecular weight excluding hydrogens is 372 g/mol. The summed E-state index contributed by atoms with van der Waals surface area (Å²) in [6.07, 6.45) is 0. The SMILES string of the molecule is CNS(=O)(=O)c1ccc(C(=O)N2CCN(Cc3csc(C)n3)CC2)cc1. The van der Waals surface area contributed by atoms with Gasteiger partial charge in [0.1, 0.15) is 0 Å². The van der Waals surface area contributed by atoms with E-state index in [-0.39, 0.29) is 10.8 Å². The van der Waals surface area contributed by atoms with Crippen molar-refractivity contribution in [1.82, 2.24) is 19.5 Å². The number of thiazole rings is 1. The second kappa shape index (κ2) is 7.83. The van der Waals surface area contributed by atoms with E-state index in [0.29, 0.717) is 18.7 Å². The van der Waals surface area contributed by atoms with E-state index in [9.17, 15) is 13.2 Å². The molecule has 2 aromatic rings. The molecule has 140 valence electrons. The molecule has 0 bridgehead atoms. The Morgan fingerprint density at radius 2 is 1.85 bits per heavy atom. The lowest BCUT2D eigenvalue weighted by molar-refractivity contribution is 0.0627. The van der Waals surface area contributed by atoms with Gasteiger partial charge in [-0.1, -0.05) is 0 Å². The van der Waals surface area contributed by atoms with Crippen LogP contribution in [0.5, 0.6) is 0 Å². The summed E-state index contributed by atoms with van der Waals surface area (Å²) in [5, 5.41) is 3.14. The molecule has 0 atom stereocenters. The smallest absolute Gasteiger partial charge is 0.253 e. The Labute approximate surface area is 157 Å². The number of hydrogen-bond donors (Lipinski definition) is 1. The topological polar surface area (TPSA) is 82.6 Å². The molecular formula is C17H22N4O3S2. The number of piperazine rings is 1. The van der Waals surface area contributed by atoms with E-state index in [4.69, 9.17) is 0 Å². The van der Waals surface area contributed by atoms with E-state index in [2.05, 4.69) is 20.0 Å². The number of aromatic nitrogens is 1. The second-order valence-electron chi connectivity index (χ2n) is 6.16. The summed E-state index contributed by atoms with van der Waals surface area (Å²) in [5.41, 5.74) is 1.58. The van der Waals surface area contributed by atoms with Crippen molar-refractivity contribution < 1.29 is 13.2 Å². The summed E-state index contributed by atoms with van der Waals surface area (Å²) >= 11 is 1.65. The average molecular weight is 395 g/mol. The van der Waals surface area contributed by atoms with Crippen LogP contribution in [0.3, 0.4) is 0 Å². The molecule has 0 spiro atoms. The molecule has 1 aromatic heterocycles. The van der Waals surface area contributed by atoms with Gasteiger partial charge in [0, 0.05) is 43.7 Å². The van der Waals surface area contributed by atoms with Crippen molar-refractivity contribution in [1.29, 1.82) is 0 Å². The van der Waals surface area contributed by atoms with E-state index in [1.165, 1.54) is 19.2 Å². The molecule has 1 fully saturated rings. The third kappa shape index (κ3) is 4.29. The van der Waals surface area contributed by atoms with Gasteiger partial charge in [0.25, 0.3) is 5.91 Å². The first-order chi connectivity index (χ1) is 12.4. The van der Waals surface area contributed by atoms with Gasteiger partial charge < -0.3 is 4.90 Å². The highest BCUT2D eigenvalue weighted by Gasteiger charge is 2.23. The molecule has 0 saturated carbocycles. The molecule has 1 N–H and O–H groups in total. The molecule has 1 aliphatic heterocycles. The summed E-state index contributed by atoms with van der Waals surface area (Å²) in [4.78, 5) is 21.4. The maximum Gasteiger partial charge on any atom is 0.253 e. The molecule has 1 saturated heterocycles. The number of amides is 1. The number of benzene rings is 1. The number of carbonyl (C=O) groups is 1. The Balaban J connectivity index is 1.58. The Hall–Kier alpha value is -1.81. The van der Waals surface area contributed by atoms with Crippen LogP contribution < -0.4 is 4.72 Å². The van der Waals surface area contributed by atoms with Gasteiger partial charge in [0.05, 0.1) is 15.6 Å². The number of aryl methyl sites for hydroxylation is 1. The van der Waals surface area contributed by atoms with E-state index in [0.717, 1.165) is 30.3 Å². The lowest BCUT2D eigenvalue weighted by atomic mass is 10.2. The molecule has 9 heteroatoms. The molecule has 26 heavy (non-hydrogen) atoms. The molecule has 3 rings (SSSR count). The van der Waals surface area contributed by atoms with Crippen molar-refractivity contribution in [3.8, 4) is 0 Å². The minimum absolute atomic E-state index is 0.0671. The van der Waals surface area contributed by atoms with Gasteiger partial charge in [0.2, 0.25) is 10.0 Å². The van der Waals surface area contributed by atoms with Gasteiger partial charge in [0.15, 0.2) is 0 Å². The molecule has 1 aromatic carbocycles. The van der Waals surface area contributed by atoms with Crippen LogP contribution in [0.1, 0.15) is 21.1 Å². The third-order valence-corrected chi connectivity index (χ3v) is 6.64. The fourth-order valence-electron chi connectivity index (χ4n) is 2.90. The van der Waals surface area contributed by atoms with Crippen molar-refractivity contribution in [3.63, 3.8) is 0 Å². The first kappa shape index (κ1) is 19.0. The Bertz CT molecular complexity index is 870. The molecule has 1 aliphatic rings. The van der Waals surface area contributed by atoms with Crippen LogP contribution in [-0.2, 0) is 16.6 Å². The van der Waals surface area contributed by atoms with Crippen LogP contribution in [0.15, 0.2) is 34.5 Å². The molecule has 0 aliphatic carbocycles.